The van der Waals surface area contributed by atoms with Crippen molar-refractivity contribution in [2.45, 2.75) is 19.6 Å². The minimum Gasteiger partial charge on any atom is -0.365 e. The van der Waals surface area contributed by atoms with Gasteiger partial charge in [-0.25, -0.2) is 9.97 Å². The molecule has 8 nitrogen and oxygen atoms in total. The number of nitrogens with two attached hydrogens (primary N) is 1. The lowest BCUT2D eigenvalue weighted by molar-refractivity contribution is -0.137. The van der Waals surface area contributed by atoms with Crippen molar-refractivity contribution < 1.29 is 22.8 Å². The summed E-state index contributed by atoms with van der Waals surface area (Å²) in [5.74, 6) is -0.754. The molecule has 1 aliphatic heterocycles. The number of aryl methyl sites for hydroxylation is 1. The number of hydrogen-bond donors (Lipinski definition) is 1. The highest BCUT2D eigenvalue weighted by Gasteiger charge is 2.32. The second kappa shape index (κ2) is 7.65. The molecule has 2 aromatic heterocycles. The van der Waals surface area contributed by atoms with E-state index in [0.717, 1.165) is 17.7 Å². The zero-order valence-corrected chi connectivity index (χ0v) is 17.8. The largest absolute Gasteiger partial charge is 0.416 e. The van der Waals surface area contributed by atoms with E-state index in [1.165, 1.54) is 23.1 Å². The van der Waals surface area contributed by atoms with E-state index >= 15 is 0 Å². The average Bonchev–Trinajstić information content (AvgIpc) is 3.24. The Kier molecular flexibility index (Phi) is 4.85. The van der Waals surface area contributed by atoms with Crippen molar-refractivity contribution in [2.24, 2.45) is 5.73 Å². The maximum absolute atomic E-state index is 13.1. The Hall–Kier alpha value is -4.28. The highest BCUT2D eigenvalue weighted by Crippen LogP contribution is 2.32. The normalized spacial score (nSPS) is 13.9. The third-order valence-corrected chi connectivity index (χ3v) is 5.74. The Balaban J connectivity index is 1.47. The van der Waals surface area contributed by atoms with Crippen LogP contribution in [0.1, 0.15) is 32.0 Å². The third-order valence-electron chi connectivity index (χ3n) is 5.74. The van der Waals surface area contributed by atoms with Crippen molar-refractivity contribution in [2.75, 3.05) is 11.4 Å². The number of carbonyl (C=O) groups excluding carboxylic acids is 2. The first kappa shape index (κ1) is 21.6. The number of primary amides is 1. The quantitative estimate of drug-likeness (QED) is 0.497. The number of hydrogen-bond acceptors (Lipinski definition) is 5. The van der Waals surface area contributed by atoms with Crippen LogP contribution in [0.4, 0.5) is 18.9 Å². The molecule has 5 rings (SSSR count). The van der Waals surface area contributed by atoms with E-state index in [4.69, 9.17) is 5.73 Å². The van der Waals surface area contributed by atoms with Crippen LogP contribution in [0, 0.1) is 6.92 Å². The van der Waals surface area contributed by atoms with E-state index in [1.807, 2.05) is 6.92 Å². The first-order chi connectivity index (χ1) is 16.1. The van der Waals surface area contributed by atoms with Crippen molar-refractivity contribution in [1.82, 2.24) is 19.7 Å². The Morgan fingerprint density at radius 2 is 1.88 bits per heavy atom. The van der Waals surface area contributed by atoms with Crippen molar-refractivity contribution in [3.05, 3.63) is 71.2 Å². The molecule has 0 spiro atoms. The highest BCUT2D eigenvalue weighted by molar-refractivity contribution is 6.12. The summed E-state index contributed by atoms with van der Waals surface area (Å²) in [6.07, 6.45) is -1.79. The van der Waals surface area contributed by atoms with E-state index in [-0.39, 0.29) is 22.6 Å². The summed E-state index contributed by atoms with van der Waals surface area (Å²) in [7, 11) is 0. The van der Waals surface area contributed by atoms with E-state index < -0.39 is 17.6 Å². The third kappa shape index (κ3) is 3.54. The predicted molar refractivity (Wildman–Crippen MR) is 117 cm³/mol. The van der Waals surface area contributed by atoms with Crippen LogP contribution < -0.4 is 10.6 Å². The van der Waals surface area contributed by atoms with Crippen LogP contribution in [0.15, 0.2) is 48.8 Å². The molecule has 4 aromatic rings. The molecule has 3 heterocycles. The Labute approximate surface area is 190 Å². The summed E-state index contributed by atoms with van der Waals surface area (Å²) in [5, 5.41) is 4.35. The van der Waals surface area contributed by atoms with Crippen LogP contribution in [-0.4, -0.2) is 38.1 Å². The summed E-state index contributed by atoms with van der Waals surface area (Å²) in [5.41, 5.74) is 7.28. The van der Waals surface area contributed by atoms with Crippen molar-refractivity contribution >= 4 is 28.4 Å². The van der Waals surface area contributed by atoms with Gasteiger partial charge in [-0.15, -0.1) is 0 Å². The van der Waals surface area contributed by atoms with Gasteiger partial charge in [0.2, 0.25) is 0 Å². The van der Waals surface area contributed by atoms with Gasteiger partial charge in [-0.05, 0) is 48.9 Å². The molecule has 0 fully saturated rings. The number of nitrogens with zero attached hydrogens (tertiary/aromatic N) is 5. The molecule has 2 N–H and O–H groups in total. The van der Waals surface area contributed by atoms with Gasteiger partial charge in [0.05, 0.1) is 29.4 Å². The molecule has 11 heteroatoms. The van der Waals surface area contributed by atoms with Crippen LogP contribution in [0.5, 0.6) is 0 Å². The van der Waals surface area contributed by atoms with E-state index in [0.29, 0.717) is 35.7 Å². The van der Waals surface area contributed by atoms with Gasteiger partial charge < -0.3 is 10.6 Å². The first-order valence-corrected chi connectivity index (χ1v) is 10.3. The van der Waals surface area contributed by atoms with Crippen molar-refractivity contribution in [3.8, 4) is 11.4 Å². The van der Waals surface area contributed by atoms with Crippen LogP contribution in [-0.2, 0) is 12.7 Å². The van der Waals surface area contributed by atoms with E-state index in [2.05, 4.69) is 15.1 Å². The zero-order valence-electron chi connectivity index (χ0n) is 17.8. The van der Waals surface area contributed by atoms with Crippen LogP contribution in [0.2, 0.25) is 0 Å². The summed E-state index contributed by atoms with van der Waals surface area (Å²) in [4.78, 5) is 35.0. The lowest BCUT2D eigenvalue weighted by Gasteiger charge is -2.29. The van der Waals surface area contributed by atoms with Crippen LogP contribution >= 0.6 is 0 Å². The van der Waals surface area contributed by atoms with Crippen LogP contribution in [0.25, 0.3) is 22.3 Å². The minimum absolute atomic E-state index is 0.0715. The molecule has 2 amide bonds. The summed E-state index contributed by atoms with van der Waals surface area (Å²) >= 11 is 0. The summed E-state index contributed by atoms with van der Waals surface area (Å²) in [6, 6.07) is 8.60. The maximum atomic E-state index is 13.1. The molecule has 34 heavy (non-hydrogen) atoms. The molecule has 1 aliphatic rings. The number of fused-ring (bicyclic) bond motifs is 2. The number of aromatic nitrogens is 4. The fourth-order valence-corrected chi connectivity index (χ4v) is 4.06. The van der Waals surface area contributed by atoms with Gasteiger partial charge in [0.25, 0.3) is 11.8 Å². The van der Waals surface area contributed by atoms with E-state index in [9.17, 15) is 22.8 Å². The zero-order chi connectivity index (χ0) is 24.2. The summed E-state index contributed by atoms with van der Waals surface area (Å²) in [6.45, 7) is 2.59. The van der Waals surface area contributed by atoms with Gasteiger partial charge in [0, 0.05) is 29.4 Å². The lowest BCUT2D eigenvalue weighted by Crippen LogP contribution is -2.42. The Morgan fingerprint density at radius 3 is 2.59 bits per heavy atom. The minimum atomic E-state index is -4.44. The Morgan fingerprint density at radius 1 is 1.09 bits per heavy atom. The fourth-order valence-electron chi connectivity index (χ4n) is 4.06. The molecule has 0 aliphatic carbocycles. The topological polar surface area (TPSA) is 107 Å². The molecular weight excluding hydrogens is 449 g/mol. The molecule has 172 valence electrons. The summed E-state index contributed by atoms with van der Waals surface area (Å²) < 4.78 is 40.3. The molecule has 0 unspecified atom stereocenters. The molecule has 0 saturated heterocycles. The SMILES string of the molecule is Cc1cc(-c2ncc3cc(C(F)(F)F)ccc3n2)ccc1N1CCn2ncc(C(N)=O)c2C1=O. The van der Waals surface area contributed by atoms with Gasteiger partial charge in [-0.1, -0.05) is 0 Å². The van der Waals surface area contributed by atoms with Gasteiger partial charge >= 0.3 is 6.18 Å². The number of anilines is 1. The predicted octanol–water partition coefficient (Wildman–Crippen LogP) is 3.58. The van der Waals surface area contributed by atoms with Gasteiger partial charge in [-0.2, -0.15) is 18.3 Å². The molecule has 0 atom stereocenters. The average molecular weight is 466 g/mol. The van der Waals surface area contributed by atoms with Crippen molar-refractivity contribution in [3.63, 3.8) is 0 Å². The lowest BCUT2D eigenvalue weighted by atomic mass is 10.1. The number of alkyl halides is 3. The smallest absolute Gasteiger partial charge is 0.365 e. The second-order valence-corrected chi connectivity index (χ2v) is 7.92. The molecule has 0 radical (unpaired) electrons. The molecule has 0 saturated carbocycles. The number of amides is 2. The van der Waals surface area contributed by atoms with Gasteiger partial charge in [0.15, 0.2) is 5.82 Å². The van der Waals surface area contributed by atoms with Gasteiger partial charge in [-0.3, -0.25) is 14.3 Å². The Bertz CT molecular complexity index is 1480. The van der Waals surface area contributed by atoms with Crippen LogP contribution in [0.3, 0.4) is 0 Å². The number of halogens is 3. The molecule has 2 aromatic carbocycles. The standard InChI is InChI=1S/C23H17F3N6O2/c1-12-8-13(21-28-10-14-9-15(23(24,25)26)3-4-17(14)30-21)2-5-18(12)31-6-7-32-19(22(31)34)16(11-29-32)20(27)33/h2-5,8-11H,6-7H2,1H3,(H2,27,33). The first-order valence-electron chi connectivity index (χ1n) is 10.3. The monoisotopic (exact) mass is 466 g/mol. The molecule has 0 bridgehead atoms. The maximum Gasteiger partial charge on any atom is 0.416 e. The number of carbonyl (C=O) groups is 2. The number of benzene rings is 2. The van der Waals surface area contributed by atoms with Gasteiger partial charge in [0.1, 0.15) is 5.69 Å². The fraction of sp³-hybridized carbons (Fsp3) is 0.174. The molecular formula is C23H17F3N6O2. The van der Waals surface area contributed by atoms with Crippen molar-refractivity contribution in [1.29, 1.82) is 0 Å². The van der Waals surface area contributed by atoms with E-state index in [1.54, 1.807) is 23.1 Å². The second-order valence-electron chi connectivity index (χ2n) is 7.92. The number of rotatable bonds is 3. The highest BCUT2D eigenvalue weighted by atomic mass is 19.4.